The molecule has 2 aliphatic heterocycles. The van der Waals surface area contributed by atoms with Crippen LogP contribution in [0.25, 0.3) is 10.6 Å². The molecule has 3 aromatic rings. The number of rotatable bonds is 4. The van der Waals surface area contributed by atoms with Gasteiger partial charge < -0.3 is 10.2 Å². The fraction of sp³-hybridized carbons (Fsp3) is 0.250. The number of nitrogens with zero attached hydrogens (tertiary/aromatic N) is 4. The zero-order chi connectivity index (χ0) is 25.3. The fourth-order valence-corrected chi connectivity index (χ4v) is 4.84. The number of hydrogen-bond donors (Lipinski definition) is 1. The van der Waals surface area contributed by atoms with E-state index in [1.165, 1.54) is 16.9 Å². The number of carbonyl (C=O) groups is 2. The molecule has 5 rings (SSSR count). The van der Waals surface area contributed by atoms with Crippen LogP contribution in [0.15, 0.2) is 81.7 Å². The maximum absolute atomic E-state index is 13.1. The van der Waals surface area contributed by atoms with Crippen LogP contribution in [0, 0.1) is 0 Å². The molecule has 1 unspecified atom stereocenters. The number of aliphatic imine (C=N–C) groups is 2. The Morgan fingerprint density at radius 1 is 1.06 bits per heavy atom. The van der Waals surface area contributed by atoms with Gasteiger partial charge in [-0.05, 0) is 23.1 Å². The van der Waals surface area contributed by atoms with Gasteiger partial charge in [0.05, 0.1) is 5.71 Å². The zero-order valence-corrected chi connectivity index (χ0v) is 21.2. The van der Waals surface area contributed by atoms with E-state index in [-0.39, 0.29) is 17.2 Å². The normalized spacial score (nSPS) is 17.2. The molecule has 0 spiro atoms. The largest absolute Gasteiger partial charge is 0.313 e. The van der Waals surface area contributed by atoms with Gasteiger partial charge in [-0.2, -0.15) is 0 Å². The number of thiazole rings is 1. The maximum atomic E-state index is 13.1. The van der Waals surface area contributed by atoms with E-state index in [2.05, 4.69) is 41.1 Å². The third-order valence-electron chi connectivity index (χ3n) is 6.13. The van der Waals surface area contributed by atoms with E-state index in [0.717, 1.165) is 21.9 Å². The molecule has 1 atom stereocenters. The molecule has 0 saturated heterocycles. The highest BCUT2D eigenvalue weighted by atomic mass is 32.1. The van der Waals surface area contributed by atoms with Crippen molar-refractivity contribution in [3.63, 3.8) is 0 Å². The second kappa shape index (κ2) is 9.62. The van der Waals surface area contributed by atoms with Gasteiger partial charge in [0.1, 0.15) is 10.7 Å². The second-order valence-electron chi connectivity index (χ2n) is 9.77. The predicted molar refractivity (Wildman–Crippen MR) is 144 cm³/mol. The van der Waals surface area contributed by atoms with Gasteiger partial charge in [-0.15, -0.1) is 11.3 Å². The minimum absolute atomic E-state index is 0.0251. The van der Waals surface area contributed by atoms with Gasteiger partial charge in [0.2, 0.25) is 6.29 Å². The molecule has 2 aromatic carbocycles. The molecule has 182 valence electrons. The number of fused-ring (bicyclic) bond motifs is 1. The Hall–Kier alpha value is -3.91. The van der Waals surface area contributed by atoms with Crippen molar-refractivity contribution in [3.05, 3.63) is 88.6 Å². The van der Waals surface area contributed by atoms with Crippen molar-refractivity contribution in [2.75, 3.05) is 6.54 Å². The standard InChI is InChI=1S/C28H27N5O2S/c1-28(2,3)21-11-9-18(10-12-21)24(34)32-27-29-15-20-16-33(14-13-22(20)31-27)26(35)23-17-36-25(30-23)19-7-5-4-6-8-19/h4-12,15-17,27H,13-14H2,1-3H3,(H,32,34). The van der Waals surface area contributed by atoms with Crippen molar-refractivity contribution in [2.24, 2.45) is 9.98 Å². The molecule has 36 heavy (non-hydrogen) atoms. The summed E-state index contributed by atoms with van der Waals surface area (Å²) in [5, 5.41) is 5.47. The molecular formula is C28H27N5O2S. The molecular weight excluding hydrogens is 470 g/mol. The molecule has 0 fully saturated rings. The van der Waals surface area contributed by atoms with Crippen molar-refractivity contribution in [3.8, 4) is 10.6 Å². The summed E-state index contributed by atoms with van der Waals surface area (Å²) in [6.45, 7) is 6.90. The highest BCUT2D eigenvalue weighted by Gasteiger charge is 2.26. The number of nitrogens with one attached hydrogen (secondary N) is 1. The Labute approximate surface area is 214 Å². The Kier molecular flexibility index (Phi) is 6.36. The molecule has 2 amide bonds. The topological polar surface area (TPSA) is 87.0 Å². The number of carbonyl (C=O) groups excluding carboxylic acids is 2. The lowest BCUT2D eigenvalue weighted by Crippen LogP contribution is -2.38. The molecule has 8 heteroatoms. The van der Waals surface area contributed by atoms with E-state index in [0.29, 0.717) is 24.2 Å². The average molecular weight is 498 g/mol. The second-order valence-corrected chi connectivity index (χ2v) is 10.6. The predicted octanol–water partition coefficient (Wildman–Crippen LogP) is 5.08. The highest BCUT2D eigenvalue weighted by molar-refractivity contribution is 7.13. The van der Waals surface area contributed by atoms with E-state index in [1.807, 2.05) is 54.6 Å². The summed E-state index contributed by atoms with van der Waals surface area (Å²) in [4.78, 5) is 40.9. The summed E-state index contributed by atoms with van der Waals surface area (Å²) in [7, 11) is 0. The molecule has 1 N–H and O–H groups in total. The number of allylic oxidation sites excluding steroid dienone is 1. The van der Waals surface area contributed by atoms with Crippen LogP contribution in [0.3, 0.4) is 0 Å². The van der Waals surface area contributed by atoms with Gasteiger partial charge in [-0.1, -0.05) is 63.2 Å². The maximum Gasteiger partial charge on any atom is 0.277 e. The Balaban J connectivity index is 1.24. The third kappa shape index (κ3) is 5.04. The van der Waals surface area contributed by atoms with Crippen molar-refractivity contribution in [1.29, 1.82) is 0 Å². The van der Waals surface area contributed by atoms with Gasteiger partial charge in [0, 0.05) is 47.5 Å². The quantitative estimate of drug-likeness (QED) is 0.546. The first-order valence-electron chi connectivity index (χ1n) is 11.8. The number of amides is 2. The molecule has 0 aliphatic carbocycles. The van der Waals surface area contributed by atoms with Gasteiger partial charge in [-0.3, -0.25) is 9.59 Å². The summed E-state index contributed by atoms with van der Waals surface area (Å²) >= 11 is 1.45. The van der Waals surface area contributed by atoms with Crippen molar-refractivity contribution in [2.45, 2.75) is 38.9 Å². The monoisotopic (exact) mass is 497 g/mol. The summed E-state index contributed by atoms with van der Waals surface area (Å²) < 4.78 is 0. The van der Waals surface area contributed by atoms with Crippen LogP contribution in [0.4, 0.5) is 0 Å². The van der Waals surface area contributed by atoms with Crippen LogP contribution in [0.5, 0.6) is 0 Å². The van der Waals surface area contributed by atoms with E-state index in [1.54, 1.807) is 22.7 Å². The first-order valence-corrected chi connectivity index (χ1v) is 12.7. The number of aromatic nitrogens is 1. The molecule has 2 aliphatic rings. The van der Waals surface area contributed by atoms with Crippen LogP contribution < -0.4 is 5.32 Å². The van der Waals surface area contributed by atoms with Crippen LogP contribution in [-0.2, 0) is 5.41 Å². The smallest absolute Gasteiger partial charge is 0.277 e. The third-order valence-corrected chi connectivity index (χ3v) is 7.02. The lowest BCUT2D eigenvalue weighted by Gasteiger charge is -2.27. The summed E-state index contributed by atoms with van der Waals surface area (Å²) in [6, 6.07) is 17.4. The van der Waals surface area contributed by atoms with Crippen LogP contribution in [0.1, 0.15) is 53.6 Å². The summed E-state index contributed by atoms with van der Waals surface area (Å²) in [5.41, 5.74) is 4.77. The Morgan fingerprint density at radius 2 is 1.81 bits per heavy atom. The molecule has 1 aromatic heterocycles. The van der Waals surface area contributed by atoms with Gasteiger partial charge in [-0.25, -0.2) is 15.0 Å². The van der Waals surface area contributed by atoms with Crippen LogP contribution in [-0.4, -0.2) is 46.5 Å². The van der Waals surface area contributed by atoms with Gasteiger partial charge in [0.15, 0.2) is 0 Å². The first kappa shape index (κ1) is 23.8. The lowest BCUT2D eigenvalue weighted by atomic mass is 9.87. The number of hydrogen-bond acceptors (Lipinski definition) is 6. The van der Waals surface area contributed by atoms with Gasteiger partial charge in [0.25, 0.3) is 11.8 Å². The molecule has 0 radical (unpaired) electrons. The zero-order valence-electron chi connectivity index (χ0n) is 20.4. The SMILES string of the molecule is CC(C)(C)c1ccc(C(=O)NC2N=CC3=CN(C(=O)c4csc(-c5ccccc5)n4)CCC3=N2)cc1. The number of benzene rings is 2. The van der Waals surface area contributed by atoms with Crippen molar-refractivity contribution < 1.29 is 9.59 Å². The van der Waals surface area contributed by atoms with E-state index < -0.39 is 6.29 Å². The Bertz CT molecular complexity index is 1380. The van der Waals surface area contributed by atoms with E-state index in [4.69, 9.17) is 0 Å². The van der Waals surface area contributed by atoms with Crippen molar-refractivity contribution >= 4 is 35.1 Å². The molecule has 0 saturated carbocycles. The van der Waals surface area contributed by atoms with E-state index >= 15 is 0 Å². The Morgan fingerprint density at radius 3 is 2.53 bits per heavy atom. The van der Waals surface area contributed by atoms with Crippen molar-refractivity contribution in [1.82, 2.24) is 15.2 Å². The van der Waals surface area contributed by atoms with Gasteiger partial charge >= 0.3 is 0 Å². The summed E-state index contributed by atoms with van der Waals surface area (Å²) in [5.74, 6) is -0.373. The van der Waals surface area contributed by atoms with Crippen LogP contribution >= 0.6 is 11.3 Å². The van der Waals surface area contributed by atoms with Crippen LogP contribution in [0.2, 0.25) is 0 Å². The average Bonchev–Trinajstić information content (AvgIpc) is 3.38. The first-order chi connectivity index (χ1) is 17.3. The fourth-order valence-electron chi connectivity index (χ4n) is 4.04. The minimum atomic E-state index is -0.679. The minimum Gasteiger partial charge on any atom is -0.313 e. The van der Waals surface area contributed by atoms with E-state index in [9.17, 15) is 9.59 Å². The highest BCUT2D eigenvalue weighted by Crippen LogP contribution is 2.25. The lowest BCUT2D eigenvalue weighted by molar-refractivity contribution is 0.0818. The molecule has 3 heterocycles. The molecule has 0 bridgehead atoms. The molecule has 7 nitrogen and oxygen atoms in total. The summed E-state index contributed by atoms with van der Waals surface area (Å²) in [6.07, 6.45) is 3.33.